The molecule has 0 aliphatic heterocycles. The van der Waals surface area contributed by atoms with Gasteiger partial charge in [0.05, 0.1) is 5.02 Å². The van der Waals surface area contributed by atoms with Crippen LogP contribution in [-0.2, 0) is 11.4 Å². The highest BCUT2D eigenvalue weighted by molar-refractivity contribution is 6.32. The molecule has 0 bridgehead atoms. The van der Waals surface area contributed by atoms with Gasteiger partial charge in [0.25, 0.3) is 0 Å². The topological polar surface area (TPSA) is 39.4 Å². The average Bonchev–Trinajstić information content (AvgIpc) is 3.24. The fraction of sp³-hybridized carbons (Fsp3) is 0.235. The van der Waals surface area contributed by atoms with Crippen LogP contribution in [0.1, 0.15) is 24.4 Å². The minimum Gasteiger partial charge on any atom is -0.484 e. The zero-order valence-electron chi connectivity index (χ0n) is 11.4. The number of hydrogen-bond acceptors (Lipinski definition) is 3. The number of allylic oxidation sites excluding steroid dienone is 1. The molecule has 1 aromatic heterocycles. The number of carbonyl (C=O) groups is 1. The van der Waals surface area contributed by atoms with E-state index in [1.54, 1.807) is 24.3 Å². The van der Waals surface area contributed by atoms with Crippen molar-refractivity contribution in [2.24, 2.45) is 5.92 Å². The smallest absolute Gasteiger partial charge is 0.158 e. The van der Waals surface area contributed by atoms with Crippen molar-refractivity contribution in [2.45, 2.75) is 19.4 Å². The summed E-state index contributed by atoms with van der Waals surface area (Å²) in [6.07, 6.45) is 5.32. The summed E-state index contributed by atoms with van der Waals surface area (Å²) in [7, 11) is 0. The first-order valence-electron chi connectivity index (χ1n) is 6.90. The zero-order valence-corrected chi connectivity index (χ0v) is 12.2. The Hall–Kier alpha value is -2.00. The summed E-state index contributed by atoms with van der Waals surface area (Å²) in [5.41, 5.74) is 0. The summed E-state index contributed by atoms with van der Waals surface area (Å²) >= 11 is 6.01. The van der Waals surface area contributed by atoms with E-state index in [0.717, 1.165) is 12.8 Å². The molecule has 0 spiro atoms. The molecule has 3 rings (SSSR count). The molecule has 0 radical (unpaired) electrons. The Morgan fingerprint density at radius 3 is 2.86 bits per heavy atom. The van der Waals surface area contributed by atoms with Gasteiger partial charge in [-0.3, -0.25) is 4.79 Å². The summed E-state index contributed by atoms with van der Waals surface area (Å²) in [5.74, 6) is 2.38. The molecule has 0 unspecified atom stereocenters. The monoisotopic (exact) mass is 302 g/mol. The Kier molecular flexibility index (Phi) is 4.11. The number of halogens is 1. The fourth-order valence-corrected chi connectivity index (χ4v) is 2.13. The van der Waals surface area contributed by atoms with Gasteiger partial charge in [-0.05, 0) is 49.3 Å². The van der Waals surface area contributed by atoms with E-state index < -0.39 is 0 Å². The standard InChI is InChI=1S/C17H15ClO3/c18-15-3-1-2-4-17(15)20-11-14-8-7-13(21-14)9-10-16(19)12-5-6-12/h1-4,7-10,12H,5-6,11H2/b10-9+. The van der Waals surface area contributed by atoms with Crippen LogP contribution in [0.15, 0.2) is 46.9 Å². The van der Waals surface area contributed by atoms with E-state index >= 15 is 0 Å². The number of ketones is 1. The van der Waals surface area contributed by atoms with E-state index in [1.807, 2.05) is 24.3 Å². The van der Waals surface area contributed by atoms with Gasteiger partial charge in [0.2, 0.25) is 0 Å². The lowest BCUT2D eigenvalue weighted by atomic mass is 10.2. The van der Waals surface area contributed by atoms with Gasteiger partial charge in [-0.2, -0.15) is 0 Å². The van der Waals surface area contributed by atoms with E-state index in [-0.39, 0.29) is 11.7 Å². The van der Waals surface area contributed by atoms with Crippen LogP contribution in [0.25, 0.3) is 6.08 Å². The lowest BCUT2D eigenvalue weighted by Gasteiger charge is -2.05. The van der Waals surface area contributed by atoms with Crippen molar-refractivity contribution >= 4 is 23.5 Å². The molecule has 1 aromatic carbocycles. The van der Waals surface area contributed by atoms with Gasteiger partial charge in [0.1, 0.15) is 23.9 Å². The SMILES string of the molecule is O=C(/C=C/c1ccc(COc2ccccc2Cl)o1)C1CC1. The maximum Gasteiger partial charge on any atom is 0.158 e. The molecule has 4 heteroatoms. The third kappa shape index (κ3) is 3.76. The highest BCUT2D eigenvalue weighted by Gasteiger charge is 2.27. The van der Waals surface area contributed by atoms with Gasteiger partial charge in [0, 0.05) is 5.92 Å². The number of furan rings is 1. The molecule has 1 heterocycles. The number of rotatable bonds is 6. The maximum atomic E-state index is 11.6. The molecule has 1 fully saturated rings. The Labute approximate surface area is 128 Å². The van der Waals surface area contributed by atoms with Crippen molar-refractivity contribution < 1.29 is 13.9 Å². The minimum absolute atomic E-state index is 0.181. The second kappa shape index (κ2) is 6.19. The van der Waals surface area contributed by atoms with Gasteiger partial charge < -0.3 is 9.15 Å². The van der Waals surface area contributed by atoms with Crippen LogP contribution in [0.2, 0.25) is 5.02 Å². The predicted molar refractivity (Wildman–Crippen MR) is 81.3 cm³/mol. The molecule has 0 atom stereocenters. The Bertz CT molecular complexity index is 668. The van der Waals surface area contributed by atoms with Crippen LogP contribution >= 0.6 is 11.6 Å². The molecular weight excluding hydrogens is 288 g/mol. The molecule has 0 amide bonds. The molecule has 0 N–H and O–H groups in total. The zero-order chi connectivity index (χ0) is 14.7. The second-order valence-corrected chi connectivity index (χ2v) is 5.44. The lowest BCUT2D eigenvalue weighted by molar-refractivity contribution is -0.115. The number of ether oxygens (including phenoxy) is 1. The van der Waals surface area contributed by atoms with Crippen molar-refractivity contribution in [3.05, 3.63) is 59.0 Å². The van der Waals surface area contributed by atoms with Gasteiger partial charge in [-0.25, -0.2) is 0 Å². The second-order valence-electron chi connectivity index (χ2n) is 5.03. The first-order valence-corrected chi connectivity index (χ1v) is 7.28. The van der Waals surface area contributed by atoms with Crippen molar-refractivity contribution in [1.82, 2.24) is 0 Å². The van der Waals surface area contributed by atoms with Crippen molar-refractivity contribution in [3.8, 4) is 5.75 Å². The van der Waals surface area contributed by atoms with Crippen LogP contribution in [0.4, 0.5) is 0 Å². The summed E-state index contributed by atoms with van der Waals surface area (Å²) in [6, 6.07) is 10.9. The number of para-hydroxylation sites is 1. The van der Waals surface area contributed by atoms with Crippen LogP contribution in [-0.4, -0.2) is 5.78 Å². The first-order chi connectivity index (χ1) is 10.2. The quantitative estimate of drug-likeness (QED) is 0.737. The van der Waals surface area contributed by atoms with Crippen LogP contribution in [0.3, 0.4) is 0 Å². The Balaban J connectivity index is 1.57. The van der Waals surface area contributed by atoms with Crippen LogP contribution < -0.4 is 4.74 Å². The Morgan fingerprint density at radius 2 is 2.10 bits per heavy atom. The fourth-order valence-electron chi connectivity index (χ4n) is 1.94. The molecule has 1 aliphatic carbocycles. The molecule has 3 nitrogen and oxygen atoms in total. The molecule has 2 aromatic rings. The normalized spacial score (nSPS) is 14.5. The number of benzene rings is 1. The highest BCUT2D eigenvalue weighted by atomic mass is 35.5. The van der Waals surface area contributed by atoms with Crippen LogP contribution in [0.5, 0.6) is 5.75 Å². The highest BCUT2D eigenvalue weighted by Crippen LogP contribution is 2.30. The first kappa shape index (κ1) is 14.0. The average molecular weight is 303 g/mol. The van der Waals surface area contributed by atoms with Crippen molar-refractivity contribution in [2.75, 3.05) is 0 Å². The summed E-state index contributed by atoms with van der Waals surface area (Å²) in [6.45, 7) is 0.300. The summed E-state index contributed by atoms with van der Waals surface area (Å²) in [5, 5.41) is 0.569. The van der Waals surface area contributed by atoms with Crippen molar-refractivity contribution in [1.29, 1.82) is 0 Å². The predicted octanol–water partition coefficient (Wildman–Crippen LogP) is 4.50. The lowest BCUT2D eigenvalue weighted by Crippen LogP contribution is -1.94. The Morgan fingerprint density at radius 1 is 1.29 bits per heavy atom. The van der Waals surface area contributed by atoms with Gasteiger partial charge in [-0.1, -0.05) is 23.7 Å². The van der Waals surface area contributed by atoms with Crippen LogP contribution in [0, 0.1) is 5.92 Å². The molecule has 0 saturated heterocycles. The van der Waals surface area contributed by atoms with E-state index in [4.69, 9.17) is 20.8 Å². The third-order valence-electron chi connectivity index (χ3n) is 3.28. The van der Waals surface area contributed by atoms with Crippen molar-refractivity contribution in [3.63, 3.8) is 0 Å². The van der Waals surface area contributed by atoms with E-state index in [1.165, 1.54) is 0 Å². The summed E-state index contributed by atoms with van der Waals surface area (Å²) < 4.78 is 11.2. The van der Waals surface area contributed by atoms with E-state index in [9.17, 15) is 4.79 Å². The number of hydrogen-bond donors (Lipinski definition) is 0. The minimum atomic E-state index is 0.181. The van der Waals surface area contributed by atoms with Gasteiger partial charge in [0.15, 0.2) is 5.78 Å². The van der Waals surface area contributed by atoms with E-state index in [0.29, 0.717) is 28.9 Å². The largest absolute Gasteiger partial charge is 0.484 e. The van der Waals surface area contributed by atoms with Gasteiger partial charge >= 0.3 is 0 Å². The van der Waals surface area contributed by atoms with Gasteiger partial charge in [-0.15, -0.1) is 0 Å². The third-order valence-corrected chi connectivity index (χ3v) is 3.59. The molecule has 108 valence electrons. The molecule has 1 aliphatic rings. The molecular formula is C17H15ClO3. The number of carbonyl (C=O) groups excluding carboxylic acids is 1. The maximum absolute atomic E-state index is 11.6. The molecule has 1 saturated carbocycles. The molecule has 21 heavy (non-hydrogen) atoms. The van der Waals surface area contributed by atoms with E-state index in [2.05, 4.69) is 0 Å². The summed E-state index contributed by atoms with van der Waals surface area (Å²) in [4.78, 5) is 11.6.